The van der Waals surface area contributed by atoms with Crippen LogP contribution in [0.5, 0.6) is 5.75 Å². The molecule has 18 heavy (non-hydrogen) atoms. The van der Waals surface area contributed by atoms with Crippen LogP contribution in [0.3, 0.4) is 0 Å². The van der Waals surface area contributed by atoms with Crippen molar-refractivity contribution in [2.24, 2.45) is 0 Å². The van der Waals surface area contributed by atoms with Crippen LogP contribution in [-0.2, 0) is 0 Å². The first kappa shape index (κ1) is 12.1. The topological polar surface area (TPSA) is 62.2 Å². The Bertz CT molecular complexity index is 594. The maximum absolute atomic E-state index is 11.9. The number of rotatable bonds is 2. The molecule has 1 heterocycles. The Morgan fingerprint density at radius 3 is 2.67 bits per heavy atom. The van der Waals surface area contributed by atoms with E-state index in [4.69, 9.17) is 0 Å². The number of carbonyl (C=O) groups excluding carboxylic acids is 1. The lowest BCUT2D eigenvalue weighted by Crippen LogP contribution is -2.12. The number of benzene rings is 1. The van der Waals surface area contributed by atoms with Gasteiger partial charge in [-0.15, -0.1) is 0 Å². The lowest BCUT2D eigenvalue weighted by atomic mass is 10.1. The van der Waals surface area contributed by atoms with E-state index in [-0.39, 0.29) is 17.2 Å². The number of aromatic nitrogens is 1. The van der Waals surface area contributed by atoms with Gasteiger partial charge in [-0.1, -0.05) is 6.07 Å². The first-order valence-corrected chi connectivity index (χ1v) is 5.59. The van der Waals surface area contributed by atoms with Crippen molar-refractivity contribution in [3.8, 4) is 5.75 Å². The van der Waals surface area contributed by atoms with Gasteiger partial charge in [0.1, 0.15) is 5.75 Å². The molecular formula is C14H14N2O2. The van der Waals surface area contributed by atoms with Crippen LogP contribution >= 0.6 is 0 Å². The normalized spacial score (nSPS) is 10.1. The van der Waals surface area contributed by atoms with Gasteiger partial charge in [-0.3, -0.25) is 9.78 Å². The van der Waals surface area contributed by atoms with E-state index in [2.05, 4.69) is 10.3 Å². The molecule has 1 aromatic carbocycles. The SMILES string of the molecule is Cc1ccc(NC(=O)c2ccncc2O)cc1C. The molecule has 0 aliphatic rings. The molecule has 1 aromatic heterocycles. The highest BCUT2D eigenvalue weighted by Crippen LogP contribution is 2.18. The van der Waals surface area contributed by atoms with Crippen molar-refractivity contribution >= 4 is 11.6 Å². The molecular weight excluding hydrogens is 228 g/mol. The number of hydrogen-bond acceptors (Lipinski definition) is 3. The third kappa shape index (κ3) is 2.48. The lowest BCUT2D eigenvalue weighted by Gasteiger charge is -2.08. The van der Waals surface area contributed by atoms with Gasteiger partial charge in [0.25, 0.3) is 5.91 Å². The average Bonchev–Trinajstić information content (AvgIpc) is 2.34. The molecule has 0 aliphatic heterocycles. The van der Waals surface area contributed by atoms with Crippen molar-refractivity contribution in [1.82, 2.24) is 4.98 Å². The van der Waals surface area contributed by atoms with Crippen LogP contribution in [0.1, 0.15) is 21.5 Å². The van der Waals surface area contributed by atoms with Crippen LogP contribution in [0.15, 0.2) is 36.7 Å². The van der Waals surface area contributed by atoms with Crippen LogP contribution in [0.2, 0.25) is 0 Å². The maximum Gasteiger partial charge on any atom is 0.259 e. The van der Waals surface area contributed by atoms with Crippen LogP contribution in [0, 0.1) is 13.8 Å². The van der Waals surface area contributed by atoms with E-state index in [1.54, 1.807) is 0 Å². The van der Waals surface area contributed by atoms with Gasteiger partial charge >= 0.3 is 0 Å². The molecule has 2 rings (SSSR count). The second-order valence-electron chi connectivity index (χ2n) is 4.15. The minimum absolute atomic E-state index is 0.126. The summed E-state index contributed by atoms with van der Waals surface area (Å²) in [6.45, 7) is 3.99. The fraction of sp³-hybridized carbons (Fsp3) is 0.143. The number of nitrogens with zero attached hydrogens (tertiary/aromatic N) is 1. The van der Waals surface area contributed by atoms with E-state index in [0.717, 1.165) is 5.56 Å². The predicted molar refractivity (Wildman–Crippen MR) is 69.8 cm³/mol. The molecule has 0 unspecified atom stereocenters. The van der Waals surface area contributed by atoms with Crippen molar-refractivity contribution in [2.45, 2.75) is 13.8 Å². The summed E-state index contributed by atoms with van der Waals surface area (Å²) in [7, 11) is 0. The Hall–Kier alpha value is -2.36. The van der Waals surface area contributed by atoms with Gasteiger partial charge < -0.3 is 10.4 Å². The molecule has 0 saturated heterocycles. The number of aromatic hydroxyl groups is 1. The Kier molecular flexibility index (Phi) is 3.28. The maximum atomic E-state index is 11.9. The van der Waals surface area contributed by atoms with Crippen LogP contribution in [0.4, 0.5) is 5.69 Å². The Morgan fingerprint density at radius 2 is 2.00 bits per heavy atom. The van der Waals surface area contributed by atoms with E-state index >= 15 is 0 Å². The molecule has 0 radical (unpaired) electrons. The highest BCUT2D eigenvalue weighted by molar-refractivity contribution is 6.06. The number of carbonyl (C=O) groups is 1. The highest BCUT2D eigenvalue weighted by atomic mass is 16.3. The molecule has 4 heteroatoms. The third-order valence-corrected chi connectivity index (χ3v) is 2.81. The van der Waals surface area contributed by atoms with Gasteiger partial charge in [-0.05, 0) is 43.2 Å². The molecule has 0 aliphatic carbocycles. The van der Waals surface area contributed by atoms with E-state index < -0.39 is 0 Å². The molecule has 0 fully saturated rings. The molecule has 2 N–H and O–H groups in total. The summed E-state index contributed by atoms with van der Waals surface area (Å²) in [4.78, 5) is 15.7. The minimum atomic E-state index is -0.349. The summed E-state index contributed by atoms with van der Waals surface area (Å²) >= 11 is 0. The highest BCUT2D eigenvalue weighted by Gasteiger charge is 2.10. The fourth-order valence-corrected chi connectivity index (χ4v) is 1.60. The Labute approximate surface area is 105 Å². The summed E-state index contributed by atoms with van der Waals surface area (Å²) in [5.41, 5.74) is 3.19. The predicted octanol–water partition coefficient (Wildman–Crippen LogP) is 2.66. The first-order valence-electron chi connectivity index (χ1n) is 5.59. The molecule has 0 saturated carbocycles. The van der Waals surface area contributed by atoms with E-state index in [9.17, 15) is 9.90 Å². The monoisotopic (exact) mass is 242 g/mol. The summed E-state index contributed by atoms with van der Waals surface area (Å²) < 4.78 is 0. The quantitative estimate of drug-likeness (QED) is 0.851. The Morgan fingerprint density at radius 1 is 1.22 bits per heavy atom. The molecule has 0 bridgehead atoms. The number of amides is 1. The van der Waals surface area contributed by atoms with Crippen molar-refractivity contribution in [3.05, 3.63) is 53.3 Å². The van der Waals surface area contributed by atoms with Gasteiger partial charge in [0.05, 0.1) is 11.8 Å². The van der Waals surface area contributed by atoms with Crippen molar-refractivity contribution in [3.63, 3.8) is 0 Å². The lowest BCUT2D eigenvalue weighted by molar-refractivity contribution is 0.102. The van der Waals surface area contributed by atoms with Crippen LogP contribution < -0.4 is 5.32 Å². The molecule has 1 amide bonds. The van der Waals surface area contributed by atoms with E-state index in [1.807, 2.05) is 32.0 Å². The zero-order valence-electron chi connectivity index (χ0n) is 10.3. The smallest absolute Gasteiger partial charge is 0.259 e. The zero-order chi connectivity index (χ0) is 13.1. The fourth-order valence-electron chi connectivity index (χ4n) is 1.60. The van der Waals surface area contributed by atoms with Gasteiger partial charge in [0.2, 0.25) is 0 Å². The van der Waals surface area contributed by atoms with Gasteiger partial charge in [-0.2, -0.15) is 0 Å². The second-order valence-corrected chi connectivity index (χ2v) is 4.15. The van der Waals surface area contributed by atoms with Crippen LogP contribution in [-0.4, -0.2) is 16.0 Å². The minimum Gasteiger partial charge on any atom is -0.505 e. The average molecular weight is 242 g/mol. The summed E-state index contributed by atoms with van der Waals surface area (Å²) in [6.07, 6.45) is 2.71. The summed E-state index contributed by atoms with van der Waals surface area (Å²) in [5, 5.41) is 12.3. The number of nitrogens with one attached hydrogen (secondary N) is 1. The van der Waals surface area contributed by atoms with E-state index in [0.29, 0.717) is 5.69 Å². The Balaban J connectivity index is 2.22. The van der Waals surface area contributed by atoms with Crippen molar-refractivity contribution in [2.75, 3.05) is 5.32 Å². The van der Waals surface area contributed by atoms with Gasteiger partial charge in [-0.25, -0.2) is 0 Å². The van der Waals surface area contributed by atoms with Gasteiger partial charge in [0, 0.05) is 11.9 Å². The third-order valence-electron chi connectivity index (χ3n) is 2.81. The molecule has 4 nitrogen and oxygen atoms in total. The molecule has 0 atom stereocenters. The summed E-state index contributed by atoms with van der Waals surface area (Å²) in [6, 6.07) is 7.15. The molecule has 92 valence electrons. The van der Waals surface area contributed by atoms with Crippen molar-refractivity contribution < 1.29 is 9.90 Å². The largest absolute Gasteiger partial charge is 0.505 e. The number of anilines is 1. The number of hydrogen-bond donors (Lipinski definition) is 2. The van der Waals surface area contributed by atoms with Gasteiger partial charge in [0.15, 0.2) is 0 Å². The number of pyridine rings is 1. The zero-order valence-corrected chi connectivity index (χ0v) is 10.3. The van der Waals surface area contributed by atoms with Crippen molar-refractivity contribution in [1.29, 1.82) is 0 Å². The molecule has 0 spiro atoms. The second kappa shape index (κ2) is 4.87. The standard InChI is InChI=1S/C14H14N2O2/c1-9-3-4-11(7-10(9)2)16-14(18)12-5-6-15-8-13(12)17/h3-8,17H,1-2H3,(H,16,18). The summed E-state index contributed by atoms with van der Waals surface area (Å²) in [5.74, 6) is -0.475. The van der Waals surface area contributed by atoms with E-state index in [1.165, 1.54) is 24.0 Å². The molecule has 2 aromatic rings. The van der Waals surface area contributed by atoms with Crippen LogP contribution in [0.25, 0.3) is 0 Å². The first-order chi connectivity index (χ1) is 8.58. The number of aryl methyl sites for hydroxylation is 2.